The lowest BCUT2D eigenvalue weighted by atomic mass is 10.1. The first-order chi connectivity index (χ1) is 15.7. The van der Waals surface area contributed by atoms with Gasteiger partial charge in [0.15, 0.2) is 29.1 Å². The van der Waals surface area contributed by atoms with Gasteiger partial charge >= 0.3 is 0 Å². The molecule has 0 aliphatic heterocycles. The van der Waals surface area contributed by atoms with Gasteiger partial charge in [0.1, 0.15) is 0 Å². The molecule has 0 unspecified atom stereocenters. The summed E-state index contributed by atoms with van der Waals surface area (Å²) < 4.78 is 57.4. The van der Waals surface area contributed by atoms with E-state index >= 15 is 0 Å². The number of amides is 1. The molecule has 10 heteroatoms. The van der Waals surface area contributed by atoms with Gasteiger partial charge in [-0.05, 0) is 37.6 Å². The van der Waals surface area contributed by atoms with Crippen molar-refractivity contribution in [2.75, 3.05) is 5.32 Å². The number of benzene rings is 2. The van der Waals surface area contributed by atoms with Crippen LogP contribution < -0.4 is 5.32 Å². The lowest BCUT2D eigenvalue weighted by molar-refractivity contribution is 0.102. The standard InChI is InChI=1S/C23H19F4N5O/c1-13-9-14(2)32(29-13)11-15-3-5-16(6-4-15)23(33)28-20-7-8-31(30-20)12-17-21(26)18(24)10-19(25)22(17)27/h3-10H,11-12H2,1-2H3,(H,28,30,33). The average Bonchev–Trinajstić information content (AvgIpc) is 3.35. The van der Waals surface area contributed by atoms with Crippen LogP contribution in [-0.4, -0.2) is 25.5 Å². The lowest BCUT2D eigenvalue weighted by Crippen LogP contribution is -2.14. The number of anilines is 1. The van der Waals surface area contributed by atoms with Crippen molar-refractivity contribution in [2.24, 2.45) is 0 Å². The molecule has 4 aromatic rings. The number of nitrogens with zero attached hydrogens (tertiary/aromatic N) is 4. The average molecular weight is 457 g/mol. The van der Waals surface area contributed by atoms with Gasteiger partial charge in [-0.25, -0.2) is 17.6 Å². The van der Waals surface area contributed by atoms with Crippen molar-refractivity contribution in [1.82, 2.24) is 19.6 Å². The molecule has 0 atom stereocenters. The Labute approximate surface area is 186 Å². The predicted molar refractivity (Wildman–Crippen MR) is 113 cm³/mol. The molecule has 0 aliphatic rings. The number of hydrogen-bond acceptors (Lipinski definition) is 3. The van der Waals surface area contributed by atoms with E-state index in [1.165, 1.54) is 12.3 Å². The third-order valence-corrected chi connectivity index (χ3v) is 5.06. The zero-order valence-electron chi connectivity index (χ0n) is 17.7. The van der Waals surface area contributed by atoms with Gasteiger partial charge < -0.3 is 5.32 Å². The fourth-order valence-corrected chi connectivity index (χ4v) is 3.40. The van der Waals surface area contributed by atoms with E-state index in [-0.39, 0.29) is 11.9 Å². The van der Waals surface area contributed by atoms with E-state index in [9.17, 15) is 22.4 Å². The van der Waals surface area contributed by atoms with E-state index in [0.29, 0.717) is 12.1 Å². The Balaban J connectivity index is 1.42. The van der Waals surface area contributed by atoms with Gasteiger partial charge in [0.05, 0.1) is 24.3 Å². The molecule has 170 valence electrons. The van der Waals surface area contributed by atoms with Crippen LogP contribution in [0.1, 0.15) is 32.9 Å². The molecular weight excluding hydrogens is 438 g/mol. The maximum absolute atomic E-state index is 13.9. The number of carbonyl (C=O) groups is 1. The Morgan fingerprint density at radius 2 is 1.58 bits per heavy atom. The summed E-state index contributed by atoms with van der Waals surface area (Å²) in [5.74, 6) is -6.29. The van der Waals surface area contributed by atoms with Crippen molar-refractivity contribution < 1.29 is 22.4 Å². The second-order valence-corrected chi connectivity index (χ2v) is 7.58. The summed E-state index contributed by atoms with van der Waals surface area (Å²) in [6.45, 7) is 3.90. The van der Waals surface area contributed by atoms with Gasteiger partial charge in [0.25, 0.3) is 5.91 Å². The molecule has 0 spiro atoms. The molecule has 2 heterocycles. The normalized spacial score (nSPS) is 11.1. The van der Waals surface area contributed by atoms with Gasteiger partial charge in [-0.15, -0.1) is 0 Å². The van der Waals surface area contributed by atoms with Gasteiger partial charge in [0, 0.05) is 29.6 Å². The molecule has 6 nitrogen and oxygen atoms in total. The Hall–Kier alpha value is -3.95. The van der Waals surface area contributed by atoms with E-state index in [2.05, 4.69) is 15.5 Å². The molecule has 0 fully saturated rings. The summed E-state index contributed by atoms with van der Waals surface area (Å²) >= 11 is 0. The first kappa shape index (κ1) is 22.3. The monoisotopic (exact) mass is 457 g/mol. The highest BCUT2D eigenvalue weighted by Gasteiger charge is 2.20. The van der Waals surface area contributed by atoms with Crippen molar-refractivity contribution >= 4 is 11.7 Å². The van der Waals surface area contributed by atoms with Crippen molar-refractivity contribution in [3.8, 4) is 0 Å². The minimum absolute atomic E-state index is 0.115. The Kier molecular flexibility index (Phi) is 5.99. The topological polar surface area (TPSA) is 64.7 Å². The molecule has 0 aliphatic carbocycles. The van der Waals surface area contributed by atoms with Crippen LogP contribution in [0.2, 0.25) is 0 Å². The Morgan fingerprint density at radius 3 is 2.18 bits per heavy atom. The van der Waals surface area contributed by atoms with Gasteiger partial charge in [-0.1, -0.05) is 12.1 Å². The van der Waals surface area contributed by atoms with E-state index in [0.717, 1.165) is 21.6 Å². The number of rotatable bonds is 6. The Bertz CT molecular complexity index is 1300. The van der Waals surface area contributed by atoms with Crippen LogP contribution in [0.15, 0.2) is 48.7 Å². The van der Waals surface area contributed by atoms with Crippen LogP contribution in [0.5, 0.6) is 0 Å². The van der Waals surface area contributed by atoms with Gasteiger partial charge in [-0.2, -0.15) is 10.2 Å². The van der Waals surface area contributed by atoms with E-state index < -0.39 is 41.3 Å². The summed E-state index contributed by atoms with van der Waals surface area (Å²) in [5, 5.41) is 11.0. The number of carbonyl (C=O) groups excluding carboxylic acids is 1. The molecule has 0 bridgehead atoms. The van der Waals surface area contributed by atoms with E-state index in [4.69, 9.17) is 0 Å². The highest BCUT2D eigenvalue weighted by Crippen LogP contribution is 2.20. The lowest BCUT2D eigenvalue weighted by Gasteiger charge is -2.08. The van der Waals surface area contributed by atoms with Crippen molar-refractivity contribution in [2.45, 2.75) is 26.9 Å². The maximum Gasteiger partial charge on any atom is 0.256 e. The van der Waals surface area contributed by atoms with Crippen LogP contribution >= 0.6 is 0 Å². The molecule has 2 aromatic carbocycles. The Morgan fingerprint density at radius 1 is 0.909 bits per heavy atom. The molecule has 33 heavy (non-hydrogen) atoms. The third-order valence-electron chi connectivity index (χ3n) is 5.06. The van der Waals surface area contributed by atoms with Crippen LogP contribution in [0, 0.1) is 37.1 Å². The zero-order valence-corrected chi connectivity index (χ0v) is 17.7. The van der Waals surface area contributed by atoms with E-state index in [1.54, 1.807) is 12.1 Å². The number of hydrogen-bond donors (Lipinski definition) is 1. The van der Waals surface area contributed by atoms with Crippen LogP contribution in [0.3, 0.4) is 0 Å². The second kappa shape index (κ2) is 8.89. The number of nitrogens with one attached hydrogen (secondary N) is 1. The fourth-order valence-electron chi connectivity index (χ4n) is 3.40. The highest BCUT2D eigenvalue weighted by molar-refractivity contribution is 6.03. The van der Waals surface area contributed by atoms with Crippen molar-refractivity contribution in [3.05, 3.63) is 100 Å². The van der Waals surface area contributed by atoms with E-state index in [1.807, 2.05) is 36.7 Å². The summed E-state index contributed by atoms with van der Waals surface area (Å²) in [4.78, 5) is 12.5. The molecule has 2 aromatic heterocycles. The molecule has 0 saturated carbocycles. The largest absolute Gasteiger partial charge is 0.305 e. The predicted octanol–water partition coefficient (Wildman–Crippen LogP) is 4.60. The number of halogens is 4. The third kappa shape index (κ3) is 4.79. The molecule has 4 rings (SSSR count). The summed E-state index contributed by atoms with van der Waals surface area (Å²) in [6, 6.07) is 10.5. The number of aryl methyl sites for hydroxylation is 2. The first-order valence-corrected chi connectivity index (χ1v) is 9.98. The summed E-state index contributed by atoms with van der Waals surface area (Å²) in [5.41, 5.74) is 2.51. The highest BCUT2D eigenvalue weighted by atomic mass is 19.2. The van der Waals surface area contributed by atoms with Gasteiger partial charge in [0.2, 0.25) is 0 Å². The van der Waals surface area contributed by atoms with Crippen molar-refractivity contribution in [3.63, 3.8) is 0 Å². The SMILES string of the molecule is Cc1cc(C)n(Cc2ccc(C(=O)Nc3ccn(Cc4c(F)c(F)cc(F)c4F)n3)cc2)n1. The molecule has 0 saturated heterocycles. The smallest absolute Gasteiger partial charge is 0.256 e. The quantitative estimate of drug-likeness (QED) is 0.340. The molecule has 0 radical (unpaired) electrons. The van der Waals surface area contributed by atoms with Crippen LogP contribution in [-0.2, 0) is 13.1 Å². The zero-order chi connectivity index (χ0) is 23.7. The van der Waals surface area contributed by atoms with Crippen LogP contribution in [0.25, 0.3) is 0 Å². The van der Waals surface area contributed by atoms with Crippen molar-refractivity contribution in [1.29, 1.82) is 0 Å². The summed E-state index contributed by atoms with van der Waals surface area (Å²) in [6.07, 6.45) is 1.33. The first-order valence-electron chi connectivity index (χ1n) is 9.98. The number of aromatic nitrogens is 4. The summed E-state index contributed by atoms with van der Waals surface area (Å²) in [7, 11) is 0. The van der Waals surface area contributed by atoms with Crippen LogP contribution in [0.4, 0.5) is 23.4 Å². The molecule has 1 amide bonds. The molecule has 1 N–H and O–H groups in total. The second-order valence-electron chi connectivity index (χ2n) is 7.58. The fraction of sp³-hybridized carbons (Fsp3) is 0.174. The maximum atomic E-state index is 13.9. The molecular formula is C23H19F4N5O. The minimum Gasteiger partial charge on any atom is -0.305 e. The van der Waals surface area contributed by atoms with Gasteiger partial charge in [-0.3, -0.25) is 14.2 Å². The minimum atomic E-state index is -1.49.